The minimum Gasteiger partial charge on any atom is -0.317 e. The Balaban J connectivity index is 0.00000210. The highest BCUT2D eigenvalue weighted by Crippen LogP contribution is 2.24. The maximum absolute atomic E-state index is 12.5. The number of halogens is 1. The van der Waals surface area contributed by atoms with Crippen LogP contribution < -0.4 is 10.6 Å². The minimum absolute atomic E-state index is 0. The van der Waals surface area contributed by atoms with Crippen LogP contribution in [0, 0.1) is 0 Å². The van der Waals surface area contributed by atoms with E-state index in [9.17, 15) is 4.79 Å². The number of aromatic nitrogens is 6. The fraction of sp³-hybridized carbons (Fsp3) is 0.375. The van der Waals surface area contributed by atoms with Gasteiger partial charge in [-0.3, -0.25) is 20.1 Å². The Morgan fingerprint density at radius 3 is 2.85 bits per heavy atom. The summed E-state index contributed by atoms with van der Waals surface area (Å²) in [6.07, 6.45) is 6.82. The number of aryl methyl sites for hydroxylation is 1. The summed E-state index contributed by atoms with van der Waals surface area (Å²) < 4.78 is 1.60. The van der Waals surface area contributed by atoms with Crippen LogP contribution in [0.4, 0.5) is 5.95 Å². The Morgan fingerprint density at radius 2 is 2.11 bits per heavy atom. The number of nitrogens with zero attached hydrogens (tertiary/aromatic N) is 6. The van der Waals surface area contributed by atoms with Crippen LogP contribution in [0.15, 0.2) is 24.0 Å². The average Bonchev–Trinajstić information content (AvgIpc) is 3.31. The summed E-state index contributed by atoms with van der Waals surface area (Å²) in [7, 11) is 1.78. The second kappa shape index (κ2) is 8.51. The van der Waals surface area contributed by atoms with E-state index in [-0.39, 0.29) is 18.3 Å². The number of thiazole rings is 1. The third kappa shape index (κ3) is 4.29. The summed E-state index contributed by atoms with van der Waals surface area (Å²) in [5.41, 5.74) is 0.963. The van der Waals surface area contributed by atoms with E-state index in [0.29, 0.717) is 28.3 Å². The van der Waals surface area contributed by atoms with Crippen molar-refractivity contribution in [3.05, 3.63) is 35.5 Å². The van der Waals surface area contributed by atoms with Gasteiger partial charge in [0, 0.05) is 30.7 Å². The molecule has 27 heavy (non-hydrogen) atoms. The zero-order chi connectivity index (χ0) is 17.9. The lowest BCUT2D eigenvalue weighted by Gasteiger charge is -2.19. The monoisotopic (exact) mass is 406 g/mol. The molecule has 1 fully saturated rings. The molecule has 0 unspecified atom stereocenters. The molecule has 0 saturated carbocycles. The predicted octanol–water partition coefficient (Wildman–Crippen LogP) is 1.87. The van der Waals surface area contributed by atoms with Gasteiger partial charge in [0.25, 0.3) is 5.91 Å². The van der Waals surface area contributed by atoms with Crippen molar-refractivity contribution in [3.8, 4) is 10.7 Å². The molecule has 0 radical (unpaired) electrons. The largest absolute Gasteiger partial charge is 0.317 e. The number of carbonyl (C=O) groups is 1. The topological polar surface area (TPSA) is 111 Å². The molecule has 0 aromatic carbocycles. The molecule has 1 saturated heterocycles. The Kier molecular flexibility index (Phi) is 6.09. The number of hydrogen-bond acceptors (Lipinski definition) is 8. The smallest absolute Gasteiger partial charge is 0.277 e. The van der Waals surface area contributed by atoms with Crippen molar-refractivity contribution in [1.82, 2.24) is 35.0 Å². The molecular formula is C16H19ClN8OS. The van der Waals surface area contributed by atoms with E-state index in [1.165, 1.54) is 11.3 Å². The Hall–Kier alpha value is -2.43. The van der Waals surface area contributed by atoms with Gasteiger partial charge in [-0.1, -0.05) is 0 Å². The zero-order valence-corrected chi connectivity index (χ0v) is 16.3. The number of rotatable bonds is 4. The van der Waals surface area contributed by atoms with E-state index in [1.807, 2.05) is 0 Å². The Bertz CT molecular complexity index is 906. The first-order valence-corrected chi connectivity index (χ1v) is 9.23. The maximum atomic E-state index is 12.5. The van der Waals surface area contributed by atoms with Gasteiger partial charge in [0.05, 0.1) is 6.20 Å². The molecule has 1 aliphatic rings. The first kappa shape index (κ1) is 19.3. The van der Waals surface area contributed by atoms with Crippen LogP contribution >= 0.6 is 23.7 Å². The van der Waals surface area contributed by atoms with Gasteiger partial charge in [0.15, 0.2) is 5.82 Å². The first-order valence-electron chi connectivity index (χ1n) is 8.35. The highest BCUT2D eigenvalue weighted by Gasteiger charge is 2.22. The number of anilines is 1. The normalized spacial score (nSPS) is 14.6. The summed E-state index contributed by atoms with van der Waals surface area (Å²) in [5, 5.41) is 12.9. The van der Waals surface area contributed by atoms with Crippen LogP contribution in [0.1, 0.15) is 35.1 Å². The molecule has 3 aromatic rings. The Labute approximate surface area is 166 Å². The molecule has 4 rings (SSSR count). The van der Waals surface area contributed by atoms with Crippen molar-refractivity contribution in [2.24, 2.45) is 7.05 Å². The van der Waals surface area contributed by atoms with Gasteiger partial charge in [0.1, 0.15) is 16.4 Å². The van der Waals surface area contributed by atoms with Crippen molar-refractivity contribution in [3.63, 3.8) is 0 Å². The van der Waals surface area contributed by atoms with E-state index >= 15 is 0 Å². The lowest BCUT2D eigenvalue weighted by Crippen LogP contribution is -2.27. The minimum atomic E-state index is -0.316. The molecular weight excluding hydrogens is 388 g/mol. The molecule has 3 aromatic heterocycles. The lowest BCUT2D eigenvalue weighted by atomic mass is 9.98. The molecule has 0 atom stereocenters. The third-order valence-electron chi connectivity index (χ3n) is 4.23. The highest BCUT2D eigenvalue weighted by atomic mass is 35.5. The number of carbonyl (C=O) groups excluding carboxylic acids is 1. The number of piperidine rings is 1. The summed E-state index contributed by atoms with van der Waals surface area (Å²) >= 11 is 1.35. The SMILES string of the molecule is Cl.Cn1nc(C2CCNCC2)nc1NC(=O)c1csc(-c2cnccn2)n1. The van der Waals surface area contributed by atoms with Crippen LogP contribution in [-0.4, -0.2) is 48.7 Å². The molecule has 0 bridgehead atoms. The summed E-state index contributed by atoms with van der Waals surface area (Å²) in [6, 6.07) is 0. The van der Waals surface area contributed by atoms with Crippen molar-refractivity contribution in [2.45, 2.75) is 18.8 Å². The van der Waals surface area contributed by atoms with Crippen molar-refractivity contribution in [2.75, 3.05) is 18.4 Å². The van der Waals surface area contributed by atoms with E-state index in [1.54, 1.807) is 35.7 Å². The van der Waals surface area contributed by atoms with Crippen molar-refractivity contribution in [1.29, 1.82) is 0 Å². The van der Waals surface area contributed by atoms with Crippen LogP contribution in [0.25, 0.3) is 10.7 Å². The van der Waals surface area contributed by atoms with Gasteiger partial charge in [-0.15, -0.1) is 23.7 Å². The maximum Gasteiger partial charge on any atom is 0.277 e. The number of nitrogens with one attached hydrogen (secondary N) is 2. The van der Waals surface area contributed by atoms with E-state index < -0.39 is 0 Å². The molecule has 0 spiro atoms. The molecule has 4 heterocycles. The van der Waals surface area contributed by atoms with Crippen molar-refractivity contribution >= 4 is 35.6 Å². The Morgan fingerprint density at radius 1 is 1.30 bits per heavy atom. The van der Waals surface area contributed by atoms with Crippen LogP contribution in [0.3, 0.4) is 0 Å². The van der Waals surface area contributed by atoms with E-state index in [2.05, 4.69) is 35.7 Å². The first-order chi connectivity index (χ1) is 12.7. The van der Waals surface area contributed by atoms with E-state index in [4.69, 9.17) is 0 Å². The summed E-state index contributed by atoms with van der Waals surface area (Å²) in [6.45, 7) is 1.93. The molecule has 142 valence electrons. The molecule has 9 nitrogen and oxygen atoms in total. The fourth-order valence-corrected chi connectivity index (χ4v) is 3.60. The zero-order valence-electron chi connectivity index (χ0n) is 14.6. The lowest BCUT2D eigenvalue weighted by molar-refractivity contribution is 0.102. The van der Waals surface area contributed by atoms with Crippen LogP contribution in [-0.2, 0) is 7.05 Å². The van der Waals surface area contributed by atoms with Gasteiger partial charge < -0.3 is 5.32 Å². The molecule has 1 amide bonds. The van der Waals surface area contributed by atoms with E-state index in [0.717, 1.165) is 31.8 Å². The number of hydrogen-bond donors (Lipinski definition) is 2. The number of amides is 1. The van der Waals surface area contributed by atoms with Crippen LogP contribution in [0.2, 0.25) is 0 Å². The van der Waals surface area contributed by atoms with Gasteiger partial charge >= 0.3 is 0 Å². The second-order valence-corrected chi connectivity index (χ2v) is 6.88. The fourth-order valence-electron chi connectivity index (χ4n) is 2.84. The highest BCUT2D eigenvalue weighted by molar-refractivity contribution is 7.13. The second-order valence-electron chi connectivity index (χ2n) is 6.02. The molecule has 11 heteroatoms. The summed E-state index contributed by atoms with van der Waals surface area (Å²) in [4.78, 5) is 29.6. The van der Waals surface area contributed by atoms with Gasteiger partial charge in [-0.25, -0.2) is 9.67 Å². The molecule has 0 aliphatic carbocycles. The van der Waals surface area contributed by atoms with Crippen LogP contribution in [0.5, 0.6) is 0 Å². The molecule has 2 N–H and O–H groups in total. The standard InChI is InChI=1S/C16H18N8OS.ClH/c1-24-16(21-13(23-24)10-2-4-17-5-3-10)22-14(25)12-9-26-15(20-12)11-8-18-6-7-19-11;/h6-10,17H,2-5H2,1H3,(H,21,22,23,25);1H. The quantitative estimate of drug-likeness (QED) is 0.680. The summed E-state index contributed by atoms with van der Waals surface area (Å²) in [5.74, 6) is 1.22. The van der Waals surface area contributed by atoms with Gasteiger partial charge in [-0.2, -0.15) is 10.1 Å². The van der Waals surface area contributed by atoms with Gasteiger partial charge in [0.2, 0.25) is 5.95 Å². The molecule has 1 aliphatic heterocycles. The van der Waals surface area contributed by atoms with Crippen molar-refractivity contribution < 1.29 is 4.79 Å². The predicted molar refractivity (Wildman–Crippen MR) is 104 cm³/mol. The van der Waals surface area contributed by atoms with Gasteiger partial charge in [-0.05, 0) is 25.9 Å². The third-order valence-corrected chi connectivity index (χ3v) is 5.09. The average molecular weight is 407 g/mol.